The Labute approximate surface area is 170 Å². The number of anilines is 1. The molecule has 0 bridgehead atoms. The third-order valence-electron chi connectivity index (χ3n) is 3.89. The standard InChI is InChI=1S/C20H23NO7S/c1-4-27-19(22)14-21(16-8-6-15(7-9-16)20(23)28-5-2)29(24,25)18-12-10-17(26-3)11-13-18/h6-13H,4-5,14H2,1-3H3. The zero-order chi connectivity index (χ0) is 21.4. The lowest BCUT2D eigenvalue weighted by molar-refractivity contribution is -0.141. The fraction of sp³-hybridized carbons (Fsp3) is 0.300. The highest BCUT2D eigenvalue weighted by Crippen LogP contribution is 2.25. The predicted octanol–water partition coefficient (Wildman–Crippen LogP) is 2.63. The average molecular weight is 421 g/mol. The van der Waals surface area contributed by atoms with E-state index in [1.807, 2.05) is 0 Å². The van der Waals surface area contributed by atoms with Crippen molar-refractivity contribution in [3.8, 4) is 5.75 Å². The van der Waals surface area contributed by atoms with Gasteiger partial charge in [0.1, 0.15) is 12.3 Å². The number of sulfonamides is 1. The highest BCUT2D eigenvalue weighted by atomic mass is 32.2. The van der Waals surface area contributed by atoms with E-state index in [0.717, 1.165) is 4.31 Å². The SMILES string of the molecule is CCOC(=O)CN(c1ccc(C(=O)OCC)cc1)S(=O)(=O)c1ccc(OC)cc1. The molecule has 2 aromatic carbocycles. The van der Waals surface area contributed by atoms with Gasteiger partial charge >= 0.3 is 11.9 Å². The van der Waals surface area contributed by atoms with E-state index in [2.05, 4.69) is 0 Å². The van der Waals surface area contributed by atoms with Gasteiger partial charge in [-0.2, -0.15) is 0 Å². The predicted molar refractivity (Wildman–Crippen MR) is 107 cm³/mol. The normalized spacial score (nSPS) is 10.9. The molecular formula is C20H23NO7S. The van der Waals surface area contributed by atoms with Gasteiger partial charge in [-0.25, -0.2) is 13.2 Å². The highest BCUT2D eigenvalue weighted by molar-refractivity contribution is 7.92. The number of rotatable bonds is 9. The van der Waals surface area contributed by atoms with Crippen molar-refractivity contribution in [2.75, 3.05) is 31.2 Å². The molecule has 2 aromatic rings. The summed E-state index contributed by atoms with van der Waals surface area (Å²) >= 11 is 0. The Bertz CT molecular complexity index is 938. The van der Waals surface area contributed by atoms with Gasteiger partial charge in [-0.15, -0.1) is 0 Å². The zero-order valence-corrected chi connectivity index (χ0v) is 17.3. The molecule has 0 N–H and O–H groups in total. The topological polar surface area (TPSA) is 99.2 Å². The van der Waals surface area contributed by atoms with E-state index in [1.165, 1.54) is 55.6 Å². The lowest BCUT2D eigenvalue weighted by Crippen LogP contribution is -2.36. The molecular weight excluding hydrogens is 398 g/mol. The summed E-state index contributed by atoms with van der Waals surface area (Å²) in [5, 5.41) is 0. The van der Waals surface area contributed by atoms with Gasteiger partial charge in [0.05, 0.1) is 36.5 Å². The van der Waals surface area contributed by atoms with Crippen molar-refractivity contribution in [3.05, 3.63) is 54.1 Å². The molecule has 156 valence electrons. The molecule has 0 amide bonds. The number of ether oxygens (including phenoxy) is 3. The monoisotopic (exact) mass is 421 g/mol. The molecule has 2 rings (SSSR count). The van der Waals surface area contributed by atoms with Crippen molar-refractivity contribution in [1.29, 1.82) is 0 Å². The molecule has 9 heteroatoms. The molecule has 0 fully saturated rings. The van der Waals surface area contributed by atoms with Crippen LogP contribution in [0.15, 0.2) is 53.4 Å². The largest absolute Gasteiger partial charge is 0.497 e. The summed E-state index contributed by atoms with van der Waals surface area (Å²) < 4.78 is 42.2. The number of methoxy groups -OCH3 is 1. The fourth-order valence-corrected chi connectivity index (χ4v) is 3.90. The summed E-state index contributed by atoms with van der Waals surface area (Å²) in [6.45, 7) is 3.16. The Hall–Kier alpha value is -3.07. The number of carbonyl (C=O) groups is 2. The first kappa shape index (κ1) is 22.2. The van der Waals surface area contributed by atoms with Gasteiger partial charge < -0.3 is 14.2 Å². The molecule has 0 aromatic heterocycles. The third kappa shape index (κ3) is 5.47. The molecule has 0 aliphatic heterocycles. The van der Waals surface area contributed by atoms with Crippen molar-refractivity contribution in [3.63, 3.8) is 0 Å². The lowest BCUT2D eigenvalue weighted by Gasteiger charge is -2.24. The maximum Gasteiger partial charge on any atom is 0.338 e. The first-order valence-corrected chi connectivity index (χ1v) is 10.4. The fourth-order valence-electron chi connectivity index (χ4n) is 2.49. The molecule has 0 radical (unpaired) electrons. The second-order valence-electron chi connectivity index (χ2n) is 5.76. The van der Waals surface area contributed by atoms with Gasteiger partial charge in [0.25, 0.3) is 10.0 Å². The second kappa shape index (κ2) is 9.92. The van der Waals surface area contributed by atoms with Crippen LogP contribution in [0.5, 0.6) is 5.75 Å². The van der Waals surface area contributed by atoms with Crippen LogP contribution in [-0.2, 0) is 24.3 Å². The molecule has 0 heterocycles. The van der Waals surface area contributed by atoms with Crippen LogP contribution >= 0.6 is 0 Å². The minimum atomic E-state index is -4.08. The van der Waals surface area contributed by atoms with Gasteiger partial charge in [0.15, 0.2) is 0 Å². The summed E-state index contributed by atoms with van der Waals surface area (Å²) in [7, 11) is -2.60. The van der Waals surface area contributed by atoms with Crippen molar-refractivity contribution >= 4 is 27.6 Å². The summed E-state index contributed by atoms with van der Waals surface area (Å²) in [6.07, 6.45) is 0. The van der Waals surface area contributed by atoms with Crippen LogP contribution in [0.1, 0.15) is 24.2 Å². The maximum atomic E-state index is 13.2. The molecule has 29 heavy (non-hydrogen) atoms. The zero-order valence-electron chi connectivity index (χ0n) is 16.5. The summed E-state index contributed by atoms with van der Waals surface area (Å²) in [6, 6.07) is 11.6. The number of nitrogens with zero attached hydrogens (tertiary/aromatic N) is 1. The minimum Gasteiger partial charge on any atom is -0.497 e. The van der Waals surface area contributed by atoms with Crippen LogP contribution in [0.4, 0.5) is 5.69 Å². The van der Waals surface area contributed by atoms with E-state index in [4.69, 9.17) is 14.2 Å². The molecule has 0 aliphatic rings. The van der Waals surface area contributed by atoms with Gasteiger partial charge in [0, 0.05) is 0 Å². The van der Waals surface area contributed by atoms with Gasteiger partial charge in [-0.3, -0.25) is 9.10 Å². The molecule has 0 atom stereocenters. The van der Waals surface area contributed by atoms with Crippen LogP contribution in [0.2, 0.25) is 0 Å². The molecule has 8 nitrogen and oxygen atoms in total. The van der Waals surface area contributed by atoms with E-state index in [0.29, 0.717) is 5.75 Å². The van der Waals surface area contributed by atoms with Gasteiger partial charge in [-0.1, -0.05) is 0 Å². The highest BCUT2D eigenvalue weighted by Gasteiger charge is 2.28. The van der Waals surface area contributed by atoms with Crippen molar-refractivity contribution in [2.45, 2.75) is 18.7 Å². The minimum absolute atomic E-state index is 0.0166. The maximum absolute atomic E-state index is 13.2. The Balaban J connectivity index is 2.42. The van der Waals surface area contributed by atoms with Crippen molar-refractivity contribution < 1.29 is 32.2 Å². The Kier molecular flexibility index (Phi) is 7.60. The van der Waals surface area contributed by atoms with Crippen LogP contribution < -0.4 is 9.04 Å². The molecule has 0 saturated carbocycles. The quantitative estimate of drug-likeness (QED) is 0.574. The second-order valence-corrected chi connectivity index (χ2v) is 7.62. The first-order chi connectivity index (χ1) is 13.8. The average Bonchev–Trinajstić information content (AvgIpc) is 2.72. The van der Waals surface area contributed by atoms with Crippen LogP contribution in [0.25, 0.3) is 0 Å². The van der Waals surface area contributed by atoms with Crippen LogP contribution in [0, 0.1) is 0 Å². The van der Waals surface area contributed by atoms with E-state index in [-0.39, 0.29) is 29.4 Å². The van der Waals surface area contributed by atoms with E-state index >= 15 is 0 Å². The number of carbonyl (C=O) groups excluding carboxylic acids is 2. The number of hydrogen-bond acceptors (Lipinski definition) is 7. The van der Waals surface area contributed by atoms with E-state index < -0.39 is 28.5 Å². The first-order valence-electron chi connectivity index (χ1n) is 8.93. The summed E-state index contributed by atoms with van der Waals surface area (Å²) in [5.41, 5.74) is 0.482. The lowest BCUT2D eigenvalue weighted by atomic mass is 10.2. The summed E-state index contributed by atoms with van der Waals surface area (Å²) in [4.78, 5) is 23.9. The summed E-state index contributed by atoms with van der Waals surface area (Å²) in [5.74, 6) is -0.715. The Morgan fingerprint density at radius 3 is 2.00 bits per heavy atom. The smallest absolute Gasteiger partial charge is 0.338 e. The van der Waals surface area contributed by atoms with Crippen molar-refractivity contribution in [1.82, 2.24) is 0 Å². The van der Waals surface area contributed by atoms with E-state index in [9.17, 15) is 18.0 Å². The van der Waals surface area contributed by atoms with E-state index in [1.54, 1.807) is 13.8 Å². The molecule has 0 spiro atoms. The molecule has 0 unspecified atom stereocenters. The van der Waals surface area contributed by atoms with Crippen molar-refractivity contribution in [2.24, 2.45) is 0 Å². The van der Waals surface area contributed by atoms with Gasteiger partial charge in [-0.05, 0) is 62.4 Å². The van der Waals surface area contributed by atoms with Gasteiger partial charge in [0.2, 0.25) is 0 Å². The molecule has 0 saturated heterocycles. The van der Waals surface area contributed by atoms with Crippen LogP contribution in [0.3, 0.4) is 0 Å². The number of benzene rings is 2. The van der Waals surface area contributed by atoms with Crippen LogP contribution in [-0.4, -0.2) is 47.2 Å². The Morgan fingerprint density at radius 1 is 0.897 bits per heavy atom. The molecule has 0 aliphatic carbocycles. The number of hydrogen-bond donors (Lipinski definition) is 0. The Morgan fingerprint density at radius 2 is 1.48 bits per heavy atom. The number of esters is 2. The third-order valence-corrected chi connectivity index (χ3v) is 5.68.